The van der Waals surface area contributed by atoms with Gasteiger partial charge in [-0.25, -0.2) is 4.98 Å². The van der Waals surface area contributed by atoms with Gasteiger partial charge in [0.05, 0.1) is 23.9 Å². The normalized spacial score (nSPS) is 15.4. The van der Waals surface area contributed by atoms with E-state index in [1.54, 1.807) is 18.2 Å². The maximum Gasteiger partial charge on any atom is 0.322 e. The molecule has 40 heavy (non-hydrogen) atoms. The summed E-state index contributed by atoms with van der Waals surface area (Å²) in [7, 11) is 1.43. The molecule has 1 saturated heterocycles. The van der Waals surface area contributed by atoms with Gasteiger partial charge in [-0.15, -0.1) is 0 Å². The Balaban J connectivity index is 1.20. The number of amides is 2. The third-order valence-corrected chi connectivity index (χ3v) is 7.21. The van der Waals surface area contributed by atoms with Crippen molar-refractivity contribution in [3.63, 3.8) is 0 Å². The fraction of sp³-hybridized carbons (Fsp3) is 0.379. The number of para-hydroxylation sites is 1. The molecule has 0 atom stereocenters. The molecular weight excluding hydrogens is 516 g/mol. The summed E-state index contributed by atoms with van der Waals surface area (Å²) in [5.41, 5.74) is 2.27. The van der Waals surface area contributed by atoms with Crippen molar-refractivity contribution in [2.75, 3.05) is 51.8 Å². The zero-order valence-electron chi connectivity index (χ0n) is 22.3. The SMILES string of the molecule is COc1cc(C(=O)NCC(=O)O)c2cccc(NC(=O)C3CCN(CCc4ccc5c(c4)OCCO5)CC3)c2n1. The van der Waals surface area contributed by atoms with Gasteiger partial charge in [0.25, 0.3) is 5.91 Å². The van der Waals surface area contributed by atoms with E-state index in [4.69, 9.17) is 19.3 Å². The molecule has 11 heteroatoms. The lowest BCUT2D eigenvalue weighted by Gasteiger charge is -2.31. The summed E-state index contributed by atoms with van der Waals surface area (Å²) in [6.07, 6.45) is 2.36. The van der Waals surface area contributed by atoms with E-state index in [0.29, 0.717) is 29.8 Å². The first-order chi connectivity index (χ1) is 19.4. The number of methoxy groups -OCH3 is 1. The molecule has 210 valence electrons. The monoisotopic (exact) mass is 548 g/mol. The Morgan fingerprint density at radius 2 is 1.85 bits per heavy atom. The third kappa shape index (κ3) is 6.26. The van der Waals surface area contributed by atoms with Crippen molar-refractivity contribution in [3.8, 4) is 17.4 Å². The number of carbonyl (C=O) groups excluding carboxylic acids is 2. The second-order valence-corrected chi connectivity index (χ2v) is 9.82. The van der Waals surface area contributed by atoms with Gasteiger partial charge in [0, 0.05) is 23.9 Å². The van der Waals surface area contributed by atoms with Crippen molar-refractivity contribution in [2.45, 2.75) is 19.3 Å². The first-order valence-corrected chi connectivity index (χ1v) is 13.3. The first kappa shape index (κ1) is 27.2. The molecule has 1 fully saturated rings. The molecule has 0 saturated carbocycles. The Morgan fingerprint density at radius 3 is 2.60 bits per heavy atom. The molecule has 3 aromatic rings. The van der Waals surface area contributed by atoms with Gasteiger partial charge in [-0.3, -0.25) is 14.4 Å². The minimum Gasteiger partial charge on any atom is -0.486 e. The topological polar surface area (TPSA) is 139 Å². The summed E-state index contributed by atoms with van der Waals surface area (Å²) in [5, 5.41) is 14.8. The van der Waals surface area contributed by atoms with Crippen molar-refractivity contribution in [3.05, 3.63) is 53.6 Å². The van der Waals surface area contributed by atoms with Crippen molar-refractivity contribution in [2.24, 2.45) is 5.92 Å². The molecule has 0 bridgehead atoms. The van der Waals surface area contributed by atoms with Gasteiger partial charge >= 0.3 is 5.97 Å². The number of ether oxygens (including phenoxy) is 3. The van der Waals surface area contributed by atoms with E-state index in [0.717, 1.165) is 50.4 Å². The second kappa shape index (κ2) is 12.2. The molecule has 0 unspecified atom stereocenters. The maximum atomic E-state index is 13.2. The molecule has 2 aromatic carbocycles. The smallest absolute Gasteiger partial charge is 0.322 e. The number of rotatable bonds is 9. The van der Waals surface area contributed by atoms with E-state index in [-0.39, 0.29) is 23.3 Å². The van der Waals surface area contributed by atoms with Crippen LogP contribution in [0.4, 0.5) is 5.69 Å². The number of aliphatic carboxylic acids is 1. The number of benzene rings is 2. The predicted molar refractivity (Wildman–Crippen MR) is 147 cm³/mol. The van der Waals surface area contributed by atoms with Crippen LogP contribution in [0.25, 0.3) is 10.9 Å². The number of hydrogen-bond donors (Lipinski definition) is 3. The molecule has 11 nitrogen and oxygen atoms in total. The Bertz CT molecular complexity index is 1420. The zero-order valence-corrected chi connectivity index (χ0v) is 22.3. The van der Waals surface area contributed by atoms with Gasteiger partial charge in [-0.2, -0.15) is 0 Å². The summed E-state index contributed by atoms with van der Waals surface area (Å²) >= 11 is 0. The van der Waals surface area contributed by atoms with Crippen molar-refractivity contribution < 1.29 is 33.7 Å². The molecule has 0 aliphatic carbocycles. The number of pyridine rings is 1. The van der Waals surface area contributed by atoms with Crippen LogP contribution in [0.5, 0.6) is 17.4 Å². The average Bonchev–Trinajstić information content (AvgIpc) is 2.98. The molecule has 3 N–H and O–H groups in total. The number of nitrogens with one attached hydrogen (secondary N) is 2. The molecule has 0 spiro atoms. The number of likely N-dealkylation sites (tertiary alicyclic amines) is 1. The highest BCUT2D eigenvalue weighted by Crippen LogP contribution is 2.32. The quantitative estimate of drug-likeness (QED) is 0.368. The minimum absolute atomic E-state index is 0.0968. The zero-order chi connectivity index (χ0) is 28.1. The maximum absolute atomic E-state index is 13.2. The van der Waals surface area contributed by atoms with Crippen molar-refractivity contribution in [1.82, 2.24) is 15.2 Å². The fourth-order valence-electron chi connectivity index (χ4n) is 5.05. The molecule has 2 aliphatic heterocycles. The van der Waals surface area contributed by atoms with E-state index >= 15 is 0 Å². The lowest BCUT2D eigenvalue weighted by Crippen LogP contribution is -2.39. The Labute approximate surface area is 231 Å². The number of aromatic nitrogens is 1. The van der Waals surface area contributed by atoms with Gasteiger partial charge in [-0.05, 0) is 56.1 Å². The number of fused-ring (bicyclic) bond motifs is 2. The Morgan fingerprint density at radius 1 is 1.07 bits per heavy atom. The van der Waals surface area contributed by atoms with E-state index in [9.17, 15) is 14.4 Å². The van der Waals surface area contributed by atoms with Crippen LogP contribution in [0.1, 0.15) is 28.8 Å². The van der Waals surface area contributed by atoms with E-state index < -0.39 is 18.4 Å². The number of piperidine rings is 1. The number of hydrogen-bond acceptors (Lipinski definition) is 8. The summed E-state index contributed by atoms with van der Waals surface area (Å²) < 4.78 is 16.6. The van der Waals surface area contributed by atoms with Gasteiger partial charge < -0.3 is 34.9 Å². The number of anilines is 1. The lowest BCUT2D eigenvalue weighted by molar-refractivity contribution is -0.135. The van der Waals surface area contributed by atoms with Gasteiger partial charge in [0.1, 0.15) is 19.8 Å². The Kier molecular flexibility index (Phi) is 8.30. The standard InChI is InChI=1S/C29H32N4O7/c1-38-25-16-21(29(37)30-17-26(34)35)20-3-2-4-22(27(20)32-25)31-28(36)19-8-11-33(12-9-19)10-7-18-5-6-23-24(15-18)40-14-13-39-23/h2-6,15-16,19H,7-14,17H2,1H3,(H,30,37)(H,31,36)(H,34,35). The third-order valence-electron chi connectivity index (χ3n) is 7.21. The highest BCUT2D eigenvalue weighted by Gasteiger charge is 2.26. The summed E-state index contributed by atoms with van der Waals surface area (Å²) in [4.78, 5) is 43.7. The number of nitrogens with zero attached hydrogens (tertiary/aromatic N) is 2. The van der Waals surface area contributed by atoms with Gasteiger partial charge in [0.2, 0.25) is 11.8 Å². The van der Waals surface area contributed by atoms with Crippen LogP contribution in [0, 0.1) is 5.92 Å². The molecule has 1 aromatic heterocycles. The number of carboxylic acid groups (broad SMARTS) is 1. The summed E-state index contributed by atoms with van der Waals surface area (Å²) in [6, 6.07) is 12.7. The van der Waals surface area contributed by atoms with Crippen LogP contribution in [-0.4, -0.2) is 79.3 Å². The van der Waals surface area contributed by atoms with Crippen LogP contribution in [-0.2, 0) is 16.0 Å². The van der Waals surface area contributed by atoms with Crippen LogP contribution >= 0.6 is 0 Å². The average molecular weight is 549 g/mol. The van der Waals surface area contributed by atoms with E-state index in [1.807, 2.05) is 12.1 Å². The van der Waals surface area contributed by atoms with Crippen LogP contribution in [0.2, 0.25) is 0 Å². The first-order valence-electron chi connectivity index (χ1n) is 13.3. The Hall–Kier alpha value is -4.38. The molecular formula is C29H32N4O7. The number of carbonyl (C=O) groups is 3. The fourth-order valence-corrected chi connectivity index (χ4v) is 5.05. The molecule has 2 amide bonds. The highest BCUT2D eigenvalue weighted by molar-refractivity contribution is 6.11. The molecule has 0 radical (unpaired) electrons. The minimum atomic E-state index is -1.15. The van der Waals surface area contributed by atoms with Gasteiger partial charge in [0.15, 0.2) is 11.5 Å². The predicted octanol–water partition coefficient (Wildman–Crippen LogP) is 2.72. The van der Waals surface area contributed by atoms with Crippen molar-refractivity contribution >= 4 is 34.4 Å². The molecule has 2 aliphatic rings. The van der Waals surface area contributed by atoms with Crippen LogP contribution in [0.15, 0.2) is 42.5 Å². The van der Waals surface area contributed by atoms with Crippen LogP contribution in [0.3, 0.4) is 0 Å². The lowest BCUT2D eigenvalue weighted by atomic mass is 9.95. The highest BCUT2D eigenvalue weighted by atomic mass is 16.6. The second-order valence-electron chi connectivity index (χ2n) is 9.82. The molecule has 5 rings (SSSR count). The van der Waals surface area contributed by atoms with Crippen LogP contribution < -0.4 is 24.8 Å². The summed E-state index contributed by atoms with van der Waals surface area (Å²) in [5.74, 6) is -0.195. The number of carboxylic acids is 1. The largest absolute Gasteiger partial charge is 0.486 e. The van der Waals surface area contributed by atoms with Crippen molar-refractivity contribution in [1.29, 1.82) is 0 Å². The van der Waals surface area contributed by atoms with E-state index in [2.05, 4.69) is 26.6 Å². The van der Waals surface area contributed by atoms with E-state index in [1.165, 1.54) is 18.7 Å². The van der Waals surface area contributed by atoms with Gasteiger partial charge in [-0.1, -0.05) is 18.2 Å². The molecule has 3 heterocycles. The summed E-state index contributed by atoms with van der Waals surface area (Å²) in [6.45, 7) is 3.16.